The van der Waals surface area contributed by atoms with Gasteiger partial charge in [-0.2, -0.15) is 0 Å². The summed E-state index contributed by atoms with van der Waals surface area (Å²) in [6.07, 6.45) is 2.64. The number of carbonyl (C=O) groups is 1. The van der Waals surface area contributed by atoms with Gasteiger partial charge in [-0.3, -0.25) is 15.0 Å². The van der Waals surface area contributed by atoms with Crippen LogP contribution in [0.15, 0.2) is 0 Å². The van der Waals surface area contributed by atoms with E-state index in [1.54, 1.807) is 0 Å². The lowest BCUT2D eigenvalue weighted by Crippen LogP contribution is -2.67. The molecule has 0 aromatic heterocycles. The van der Waals surface area contributed by atoms with E-state index >= 15 is 0 Å². The van der Waals surface area contributed by atoms with Gasteiger partial charge in [0, 0.05) is 31.6 Å². The van der Waals surface area contributed by atoms with Crippen LogP contribution in [0.5, 0.6) is 0 Å². The monoisotopic (exact) mass is 225 g/mol. The molecule has 0 aromatic rings. The third-order valence-electron chi connectivity index (χ3n) is 3.76. The maximum Gasteiger partial charge on any atom is 0.222 e. The van der Waals surface area contributed by atoms with E-state index in [9.17, 15) is 4.79 Å². The predicted octanol–water partition coefficient (Wildman–Crippen LogP) is 0.686. The van der Waals surface area contributed by atoms with Crippen molar-refractivity contribution in [3.63, 3.8) is 0 Å². The van der Waals surface area contributed by atoms with Gasteiger partial charge in [0.1, 0.15) is 0 Å². The number of carbonyl (C=O) groups excluding carboxylic acids is 1. The molecule has 16 heavy (non-hydrogen) atoms. The van der Waals surface area contributed by atoms with E-state index in [1.807, 2.05) is 0 Å². The summed E-state index contributed by atoms with van der Waals surface area (Å²) in [5.41, 5.74) is 0.122. The minimum absolute atomic E-state index is 0.114. The first kappa shape index (κ1) is 11.9. The summed E-state index contributed by atoms with van der Waals surface area (Å²) in [6, 6.07) is 0. The fraction of sp³-hybridized carbons (Fsp3) is 0.917. The first-order chi connectivity index (χ1) is 7.41. The molecule has 0 radical (unpaired) electrons. The van der Waals surface area contributed by atoms with Crippen LogP contribution in [-0.4, -0.2) is 41.6 Å². The molecule has 0 bridgehead atoms. The zero-order chi connectivity index (χ0) is 11.8. The highest BCUT2D eigenvalue weighted by atomic mass is 16.2. The summed E-state index contributed by atoms with van der Waals surface area (Å²) in [5.74, 6) is 0.197. The van der Waals surface area contributed by atoms with Gasteiger partial charge in [0.05, 0.1) is 5.66 Å². The quantitative estimate of drug-likeness (QED) is 0.637. The molecule has 2 N–H and O–H groups in total. The van der Waals surface area contributed by atoms with Crippen molar-refractivity contribution in [1.29, 1.82) is 0 Å². The molecule has 4 nitrogen and oxygen atoms in total. The molecule has 1 amide bonds. The van der Waals surface area contributed by atoms with Crippen LogP contribution in [0.3, 0.4) is 0 Å². The van der Waals surface area contributed by atoms with Crippen molar-refractivity contribution in [1.82, 2.24) is 15.5 Å². The van der Waals surface area contributed by atoms with Gasteiger partial charge >= 0.3 is 0 Å². The van der Waals surface area contributed by atoms with E-state index in [2.05, 4.69) is 36.3 Å². The van der Waals surface area contributed by atoms with Crippen molar-refractivity contribution in [2.24, 2.45) is 0 Å². The minimum Gasteiger partial charge on any atom is -0.338 e. The first-order valence-electron chi connectivity index (χ1n) is 6.22. The molecule has 2 rings (SSSR count). The molecule has 1 spiro atoms. The Balaban J connectivity index is 1.96. The van der Waals surface area contributed by atoms with Crippen molar-refractivity contribution in [3.8, 4) is 0 Å². The van der Waals surface area contributed by atoms with Gasteiger partial charge in [-0.15, -0.1) is 0 Å². The summed E-state index contributed by atoms with van der Waals surface area (Å²) < 4.78 is 0. The smallest absolute Gasteiger partial charge is 0.222 e. The average molecular weight is 225 g/mol. The number of piperidine rings is 1. The molecule has 0 saturated carbocycles. The van der Waals surface area contributed by atoms with E-state index in [1.165, 1.54) is 0 Å². The van der Waals surface area contributed by atoms with Crippen LogP contribution in [0.4, 0.5) is 0 Å². The van der Waals surface area contributed by atoms with Crippen LogP contribution in [-0.2, 0) is 4.79 Å². The molecule has 0 aromatic carbocycles. The average Bonchev–Trinajstić information content (AvgIpc) is 2.16. The summed E-state index contributed by atoms with van der Waals surface area (Å²) >= 11 is 0. The highest BCUT2D eigenvalue weighted by molar-refractivity contribution is 5.77. The maximum atomic E-state index is 11.5. The Morgan fingerprint density at radius 3 is 2.38 bits per heavy atom. The second kappa shape index (κ2) is 4.00. The van der Waals surface area contributed by atoms with Crippen molar-refractivity contribution < 1.29 is 4.79 Å². The molecule has 2 aliphatic heterocycles. The van der Waals surface area contributed by atoms with Crippen LogP contribution >= 0.6 is 0 Å². The zero-order valence-corrected chi connectivity index (χ0v) is 10.6. The van der Waals surface area contributed by atoms with Crippen LogP contribution in [0.1, 0.15) is 40.0 Å². The number of rotatable bonds is 0. The highest BCUT2D eigenvalue weighted by Gasteiger charge is 2.39. The molecular weight excluding hydrogens is 202 g/mol. The summed E-state index contributed by atoms with van der Waals surface area (Å²) in [4.78, 5) is 13.9. The molecule has 2 aliphatic rings. The van der Waals surface area contributed by atoms with Gasteiger partial charge in [-0.05, 0) is 33.6 Å². The number of likely N-dealkylation sites (tertiary alicyclic amines) is 1. The van der Waals surface area contributed by atoms with E-state index in [-0.39, 0.29) is 17.1 Å². The normalized spacial score (nSPS) is 26.8. The van der Waals surface area contributed by atoms with Gasteiger partial charge in [0.25, 0.3) is 0 Å². The second-order valence-electron chi connectivity index (χ2n) is 5.96. The van der Waals surface area contributed by atoms with Gasteiger partial charge in [-0.1, -0.05) is 0 Å². The number of amides is 1. The predicted molar refractivity (Wildman–Crippen MR) is 64.1 cm³/mol. The van der Waals surface area contributed by atoms with Crippen molar-refractivity contribution in [2.75, 3.05) is 19.6 Å². The Labute approximate surface area is 97.8 Å². The molecule has 0 atom stereocenters. The number of nitrogens with one attached hydrogen (secondary N) is 2. The number of nitrogens with zero attached hydrogens (tertiary/aromatic N) is 1. The molecule has 4 heteroatoms. The van der Waals surface area contributed by atoms with Gasteiger partial charge in [0.15, 0.2) is 0 Å². The van der Waals surface area contributed by atoms with Gasteiger partial charge in [-0.25, -0.2) is 0 Å². The summed E-state index contributed by atoms with van der Waals surface area (Å²) in [7, 11) is 0. The number of hydrogen-bond donors (Lipinski definition) is 2. The lowest BCUT2D eigenvalue weighted by atomic mass is 9.91. The summed E-state index contributed by atoms with van der Waals surface area (Å²) in [6.45, 7) is 9.67. The lowest BCUT2D eigenvalue weighted by Gasteiger charge is -2.48. The largest absolute Gasteiger partial charge is 0.338 e. The Kier molecular flexibility index (Phi) is 2.97. The third kappa shape index (κ3) is 2.38. The second-order valence-corrected chi connectivity index (χ2v) is 5.96. The minimum atomic E-state index is -0.114. The van der Waals surface area contributed by atoms with E-state index in [4.69, 9.17) is 0 Å². The Bertz CT molecular complexity index is 274. The fourth-order valence-electron chi connectivity index (χ4n) is 2.65. The van der Waals surface area contributed by atoms with E-state index in [0.717, 1.165) is 32.5 Å². The Morgan fingerprint density at radius 1 is 1.25 bits per heavy atom. The molecule has 2 saturated heterocycles. The molecule has 2 heterocycles. The lowest BCUT2D eigenvalue weighted by molar-refractivity contribution is -0.126. The highest BCUT2D eigenvalue weighted by Crippen LogP contribution is 2.26. The number of hydrogen-bond acceptors (Lipinski definition) is 3. The Morgan fingerprint density at radius 2 is 1.88 bits per heavy atom. The van der Waals surface area contributed by atoms with Crippen LogP contribution in [0, 0.1) is 0 Å². The van der Waals surface area contributed by atoms with Crippen LogP contribution in [0.2, 0.25) is 0 Å². The van der Waals surface area contributed by atoms with Crippen LogP contribution in [0.25, 0.3) is 0 Å². The van der Waals surface area contributed by atoms with Crippen LogP contribution < -0.4 is 10.6 Å². The van der Waals surface area contributed by atoms with E-state index in [0.29, 0.717) is 6.42 Å². The first-order valence-corrected chi connectivity index (χ1v) is 6.22. The molecular formula is C12H23N3O. The van der Waals surface area contributed by atoms with Crippen molar-refractivity contribution >= 4 is 5.91 Å². The molecule has 92 valence electrons. The topological polar surface area (TPSA) is 44.4 Å². The standard InChI is InChI=1S/C12H23N3O/c1-11(2,3)15-8-5-12(6-9-15)13-7-4-10(16)14-12/h13H,4-9H2,1-3H3,(H,14,16). The van der Waals surface area contributed by atoms with Gasteiger partial charge < -0.3 is 5.32 Å². The van der Waals surface area contributed by atoms with Crippen molar-refractivity contribution in [3.05, 3.63) is 0 Å². The third-order valence-corrected chi connectivity index (χ3v) is 3.76. The van der Waals surface area contributed by atoms with Gasteiger partial charge in [0.2, 0.25) is 5.91 Å². The SMILES string of the molecule is CC(C)(C)N1CCC2(CC1)NCCC(=O)N2. The molecule has 2 fully saturated rings. The maximum absolute atomic E-state index is 11.5. The van der Waals surface area contributed by atoms with E-state index < -0.39 is 0 Å². The fourth-order valence-corrected chi connectivity index (χ4v) is 2.65. The molecule has 0 unspecified atom stereocenters. The Hall–Kier alpha value is -0.610. The summed E-state index contributed by atoms with van der Waals surface area (Å²) in [5, 5.41) is 6.61. The molecule has 0 aliphatic carbocycles. The zero-order valence-electron chi connectivity index (χ0n) is 10.6. The van der Waals surface area contributed by atoms with Crippen molar-refractivity contribution in [2.45, 2.75) is 51.2 Å².